The summed E-state index contributed by atoms with van der Waals surface area (Å²) in [5.41, 5.74) is 1.58. The van der Waals surface area contributed by atoms with Gasteiger partial charge < -0.3 is 14.3 Å². The summed E-state index contributed by atoms with van der Waals surface area (Å²) in [4.78, 5) is 28.7. The minimum atomic E-state index is -0.500. The molecule has 1 aromatic heterocycles. The molecule has 0 saturated heterocycles. The average Bonchev–Trinajstić information content (AvgIpc) is 3.22. The lowest BCUT2D eigenvalue weighted by atomic mass is 10.1. The van der Waals surface area contributed by atoms with Crippen LogP contribution >= 0.6 is 11.3 Å². The first-order chi connectivity index (χ1) is 11.6. The molecule has 0 aliphatic carbocycles. The number of hydrogen-bond acceptors (Lipinski definition) is 7. The van der Waals surface area contributed by atoms with Crippen LogP contribution in [0.1, 0.15) is 22.2 Å². The maximum absolute atomic E-state index is 12.0. The number of thiophene rings is 1. The van der Waals surface area contributed by atoms with Gasteiger partial charge >= 0.3 is 11.9 Å². The average molecular weight is 343 g/mol. The number of oxime groups is 1. The molecule has 2 aromatic rings. The topological polar surface area (TPSA) is 74.2 Å². The summed E-state index contributed by atoms with van der Waals surface area (Å²) in [6, 6.07) is 8.46. The van der Waals surface area contributed by atoms with E-state index in [1.54, 1.807) is 48.7 Å². The highest BCUT2D eigenvalue weighted by molar-refractivity contribution is 7.12. The van der Waals surface area contributed by atoms with Crippen LogP contribution in [0.3, 0.4) is 0 Å². The van der Waals surface area contributed by atoms with E-state index in [1.807, 2.05) is 0 Å². The molecule has 0 fully saturated rings. The van der Waals surface area contributed by atoms with Gasteiger partial charge in [0, 0.05) is 0 Å². The van der Waals surface area contributed by atoms with Gasteiger partial charge in [-0.2, -0.15) is 0 Å². The van der Waals surface area contributed by atoms with Gasteiger partial charge in [0.15, 0.2) is 11.5 Å². The van der Waals surface area contributed by atoms with E-state index in [1.165, 1.54) is 18.4 Å². The van der Waals surface area contributed by atoms with Crippen LogP contribution in [0.4, 0.5) is 0 Å². The molecule has 0 radical (unpaired) electrons. The third-order valence-electron chi connectivity index (χ3n) is 3.30. The monoisotopic (exact) mass is 343 g/mol. The number of carbonyl (C=O) groups excluding carboxylic acids is 2. The fourth-order valence-electron chi connectivity index (χ4n) is 2.09. The Morgan fingerprint density at radius 1 is 1.29 bits per heavy atom. The second kappa shape index (κ2) is 6.67. The van der Waals surface area contributed by atoms with Crippen LogP contribution in [-0.4, -0.2) is 24.8 Å². The third kappa shape index (κ3) is 3.21. The van der Waals surface area contributed by atoms with Crippen molar-refractivity contribution in [1.82, 2.24) is 0 Å². The van der Waals surface area contributed by atoms with Crippen LogP contribution in [0.5, 0.6) is 11.5 Å². The van der Waals surface area contributed by atoms with E-state index in [9.17, 15) is 9.59 Å². The molecule has 1 aliphatic rings. The second-order valence-electron chi connectivity index (χ2n) is 4.89. The largest absolute Gasteiger partial charge is 0.493 e. The first-order valence-electron chi connectivity index (χ1n) is 7.00. The van der Waals surface area contributed by atoms with Gasteiger partial charge in [0.2, 0.25) is 0 Å². The Morgan fingerprint density at radius 3 is 2.75 bits per heavy atom. The Labute approximate surface area is 142 Å². The number of esters is 1. The molecular weight excluding hydrogens is 330 g/mol. The number of nitrogens with zero attached hydrogens (tertiary/aromatic N) is 1. The van der Waals surface area contributed by atoms with Gasteiger partial charge in [-0.05, 0) is 42.1 Å². The number of rotatable bonds is 4. The van der Waals surface area contributed by atoms with Crippen LogP contribution in [0, 0.1) is 0 Å². The van der Waals surface area contributed by atoms with Crippen LogP contribution in [0.25, 0.3) is 6.08 Å². The predicted octanol–water partition coefficient (Wildman–Crippen LogP) is 3.29. The van der Waals surface area contributed by atoms with E-state index < -0.39 is 11.9 Å². The van der Waals surface area contributed by atoms with E-state index in [0.717, 1.165) is 0 Å². The minimum absolute atomic E-state index is 0.303. The molecule has 0 bridgehead atoms. The summed E-state index contributed by atoms with van der Waals surface area (Å²) in [5, 5.41) is 5.42. The molecule has 0 spiro atoms. The molecule has 0 saturated carbocycles. The van der Waals surface area contributed by atoms with Crippen LogP contribution in [0.2, 0.25) is 0 Å². The van der Waals surface area contributed by atoms with Crippen LogP contribution in [0.15, 0.2) is 46.4 Å². The summed E-state index contributed by atoms with van der Waals surface area (Å²) in [7, 11) is 1.48. The highest BCUT2D eigenvalue weighted by atomic mass is 32.1. The quantitative estimate of drug-likeness (QED) is 0.369. The number of ether oxygens (including phenoxy) is 2. The number of carbonyl (C=O) groups is 2. The third-order valence-corrected chi connectivity index (χ3v) is 4.15. The molecule has 0 atom stereocenters. The Balaban J connectivity index is 1.86. The Hall–Kier alpha value is -2.93. The van der Waals surface area contributed by atoms with Crippen LogP contribution in [-0.2, 0) is 9.63 Å². The summed E-state index contributed by atoms with van der Waals surface area (Å²) in [6.07, 6.45) is 1.64. The molecule has 3 rings (SSSR count). The molecule has 0 unspecified atom stereocenters. The number of benzene rings is 1. The van der Waals surface area contributed by atoms with Crippen molar-refractivity contribution in [3.8, 4) is 11.5 Å². The minimum Gasteiger partial charge on any atom is -0.493 e. The molecular formula is C17H13NO5S. The molecule has 0 amide bonds. The van der Waals surface area contributed by atoms with Crippen molar-refractivity contribution in [3.05, 3.63) is 51.7 Å². The molecule has 122 valence electrons. The fraction of sp³-hybridized carbons (Fsp3) is 0.118. The molecule has 24 heavy (non-hydrogen) atoms. The van der Waals surface area contributed by atoms with Crippen molar-refractivity contribution in [2.75, 3.05) is 7.11 Å². The lowest BCUT2D eigenvalue weighted by Gasteiger charge is -2.09. The summed E-state index contributed by atoms with van der Waals surface area (Å²) < 4.78 is 10.6. The second-order valence-corrected chi connectivity index (χ2v) is 5.84. The van der Waals surface area contributed by atoms with Crippen molar-refractivity contribution >= 4 is 35.1 Å². The van der Waals surface area contributed by atoms with E-state index in [0.29, 0.717) is 33.2 Å². The maximum Gasteiger partial charge on any atom is 0.367 e. The number of hydrogen-bond donors (Lipinski definition) is 0. The van der Waals surface area contributed by atoms with Gasteiger partial charge in [0.25, 0.3) is 0 Å². The highest BCUT2D eigenvalue weighted by Gasteiger charge is 2.22. The molecule has 0 N–H and O–H groups in total. The molecule has 2 heterocycles. The SMILES string of the molecule is COc1cc(/C=C2/C(=O)ON=C2C)ccc1OC(=O)c1cccs1. The molecule has 7 heteroatoms. The van der Waals surface area contributed by atoms with Gasteiger partial charge in [-0.1, -0.05) is 17.3 Å². The molecule has 1 aromatic carbocycles. The van der Waals surface area contributed by atoms with E-state index in [2.05, 4.69) is 9.99 Å². The van der Waals surface area contributed by atoms with Gasteiger partial charge in [-0.25, -0.2) is 9.59 Å². The lowest BCUT2D eigenvalue weighted by Crippen LogP contribution is -2.07. The van der Waals surface area contributed by atoms with Crippen LogP contribution < -0.4 is 9.47 Å². The summed E-state index contributed by atoms with van der Waals surface area (Å²) in [5.74, 6) is -0.260. The van der Waals surface area contributed by atoms with Gasteiger partial charge in [-0.3, -0.25) is 0 Å². The summed E-state index contributed by atoms with van der Waals surface area (Å²) >= 11 is 1.30. The van der Waals surface area contributed by atoms with Crippen molar-refractivity contribution < 1.29 is 23.9 Å². The lowest BCUT2D eigenvalue weighted by molar-refractivity contribution is -0.136. The Bertz CT molecular complexity index is 852. The standard InChI is InChI=1S/C17H13NO5S/c1-10-12(16(19)23-18-10)8-11-5-6-13(14(9-11)21-2)22-17(20)15-4-3-7-24-15/h3-9H,1-2H3/b12-8+. The zero-order valence-corrected chi connectivity index (χ0v) is 13.8. The van der Waals surface area contributed by atoms with E-state index >= 15 is 0 Å². The van der Waals surface area contributed by atoms with E-state index in [-0.39, 0.29) is 0 Å². The van der Waals surface area contributed by atoms with Crippen molar-refractivity contribution in [1.29, 1.82) is 0 Å². The van der Waals surface area contributed by atoms with E-state index in [4.69, 9.17) is 9.47 Å². The maximum atomic E-state index is 12.0. The van der Waals surface area contributed by atoms with Crippen molar-refractivity contribution in [2.45, 2.75) is 6.92 Å². The molecule has 1 aliphatic heterocycles. The highest BCUT2D eigenvalue weighted by Crippen LogP contribution is 2.30. The first-order valence-corrected chi connectivity index (χ1v) is 7.88. The Morgan fingerprint density at radius 2 is 2.12 bits per heavy atom. The van der Waals surface area contributed by atoms with Crippen molar-refractivity contribution in [3.63, 3.8) is 0 Å². The fourth-order valence-corrected chi connectivity index (χ4v) is 2.69. The zero-order chi connectivity index (χ0) is 17.1. The summed E-state index contributed by atoms with van der Waals surface area (Å²) in [6.45, 7) is 1.69. The Kier molecular flexibility index (Phi) is 4.43. The number of methoxy groups -OCH3 is 1. The normalized spacial score (nSPS) is 15.2. The van der Waals surface area contributed by atoms with Gasteiger partial charge in [-0.15, -0.1) is 11.3 Å². The zero-order valence-electron chi connectivity index (χ0n) is 12.9. The predicted molar refractivity (Wildman–Crippen MR) is 89.4 cm³/mol. The van der Waals surface area contributed by atoms with Gasteiger partial charge in [0.05, 0.1) is 18.4 Å². The first kappa shape index (κ1) is 15.9. The smallest absolute Gasteiger partial charge is 0.367 e. The van der Waals surface area contributed by atoms with Crippen molar-refractivity contribution in [2.24, 2.45) is 5.16 Å². The molecule has 6 nitrogen and oxygen atoms in total. The van der Waals surface area contributed by atoms with Gasteiger partial charge in [0.1, 0.15) is 4.88 Å².